The van der Waals surface area contributed by atoms with Gasteiger partial charge in [-0.3, -0.25) is 4.79 Å². The first kappa shape index (κ1) is 13.9. The van der Waals surface area contributed by atoms with Gasteiger partial charge in [0, 0.05) is 18.8 Å². The third-order valence-corrected chi connectivity index (χ3v) is 3.69. The summed E-state index contributed by atoms with van der Waals surface area (Å²) >= 11 is 0. The summed E-state index contributed by atoms with van der Waals surface area (Å²) in [6.07, 6.45) is 0.693. The number of hydrogen-bond donors (Lipinski definition) is 2. The molecule has 0 radical (unpaired) electrons. The summed E-state index contributed by atoms with van der Waals surface area (Å²) in [5.41, 5.74) is 10.6. The molecular formula is C15H23N3O. The van der Waals surface area contributed by atoms with Crippen molar-refractivity contribution >= 4 is 11.6 Å². The predicted octanol–water partition coefficient (Wildman–Crippen LogP) is 1.27. The van der Waals surface area contributed by atoms with E-state index in [0.29, 0.717) is 19.5 Å². The Morgan fingerprint density at radius 2 is 1.95 bits per heavy atom. The highest BCUT2D eigenvalue weighted by molar-refractivity contribution is 5.87. The Balaban J connectivity index is 2.40. The van der Waals surface area contributed by atoms with Crippen LogP contribution in [0.4, 0.5) is 5.69 Å². The van der Waals surface area contributed by atoms with Crippen molar-refractivity contribution in [2.24, 2.45) is 5.73 Å². The number of amides is 1. The molecule has 1 saturated heterocycles. The number of carbonyl (C=O) groups is 1. The topological polar surface area (TPSA) is 58.4 Å². The van der Waals surface area contributed by atoms with Crippen LogP contribution in [0.2, 0.25) is 0 Å². The maximum absolute atomic E-state index is 12.0. The molecule has 0 spiro atoms. The highest BCUT2D eigenvalue weighted by Gasteiger charge is 2.30. The van der Waals surface area contributed by atoms with E-state index in [2.05, 4.69) is 43.1 Å². The van der Waals surface area contributed by atoms with Crippen LogP contribution in [0.1, 0.15) is 23.1 Å². The first-order chi connectivity index (χ1) is 9.04. The van der Waals surface area contributed by atoms with Gasteiger partial charge in [0.25, 0.3) is 0 Å². The van der Waals surface area contributed by atoms with Crippen LogP contribution < -0.4 is 16.0 Å². The van der Waals surface area contributed by atoms with Crippen LogP contribution in [-0.4, -0.2) is 31.6 Å². The standard InChI is InChI=1S/C15H23N3O/c1-10-8-11(2)14(12(3)9-10)18-7-6-17-15(19)13(18)4-5-16/h8-9,13H,4-7,16H2,1-3H3,(H,17,19). The highest BCUT2D eigenvalue weighted by atomic mass is 16.2. The summed E-state index contributed by atoms with van der Waals surface area (Å²) in [4.78, 5) is 14.3. The van der Waals surface area contributed by atoms with Gasteiger partial charge in [0.2, 0.25) is 5.91 Å². The molecule has 3 N–H and O–H groups in total. The van der Waals surface area contributed by atoms with Crippen molar-refractivity contribution in [3.63, 3.8) is 0 Å². The van der Waals surface area contributed by atoms with Crippen LogP contribution in [0, 0.1) is 20.8 Å². The van der Waals surface area contributed by atoms with Crippen molar-refractivity contribution in [1.29, 1.82) is 0 Å². The summed E-state index contributed by atoms with van der Waals surface area (Å²) in [6, 6.07) is 4.21. The van der Waals surface area contributed by atoms with Gasteiger partial charge in [0.05, 0.1) is 0 Å². The van der Waals surface area contributed by atoms with Gasteiger partial charge in [0.15, 0.2) is 0 Å². The Labute approximate surface area is 115 Å². The van der Waals surface area contributed by atoms with Crippen molar-refractivity contribution in [2.45, 2.75) is 33.2 Å². The monoisotopic (exact) mass is 261 g/mol. The van der Waals surface area contributed by atoms with E-state index >= 15 is 0 Å². The Bertz CT molecular complexity index is 461. The van der Waals surface area contributed by atoms with E-state index < -0.39 is 0 Å². The second-order valence-electron chi connectivity index (χ2n) is 5.32. The molecule has 1 amide bonds. The van der Waals surface area contributed by atoms with Gasteiger partial charge in [-0.2, -0.15) is 0 Å². The zero-order chi connectivity index (χ0) is 14.0. The number of anilines is 1. The summed E-state index contributed by atoms with van der Waals surface area (Å²) in [5.74, 6) is 0.0936. The van der Waals surface area contributed by atoms with Crippen LogP contribution in [-0.2, 0) is 4.79 Å². The molecule has 0 aromatic heterocycles. The van der Waals surface area contributed by atoms with Crippen molar-refractivity contribution in [1.82, 2.24) is 5.32 Å². The quantitative estimate of drug-likeness (QED) is 0.861. The number of nitrogens with zero attached hydrogens (tertiary/aromatic N) is 1. The lowest BCUT2D eigenvalue weighted by Gasteiger charge is -2.38. The molecule has 1 heterocycles. The normalized spacial score (nSPS) is 19.5. The lowest BCUT2D eigenvalue weighted by atomic mass is 10.00. The van der Waals surface area contributed by atoms with Crippen molar-refractivity contribution in [3.05, 3.63) is 28.8 Å². The van der Waals surface area contributed by atoms with Gasteiger partial charge in [-0.25, -0.2) is 0 Å². The molecule has 1 aliphatic rings. The minimum absolute atomic E-state index is 0.0936. The summed E-state index contributed by atoms with van der Waals surface area (Å²) in [6.45, 7) is 8.40. The second-order valence-corrected chi connectivity index (χ2v) is 5.32. The number of hydrogen-bond acceptors (Lipinski definition) is 3. The highest BCUT2D eigenvalue weighted by Crippen LogP contribution is 2.29. The molecule has 104 valence electrons. The number of aryl methyl sites for hydroxylation is 3. The fraction of sp³-hybridized carbons (Fsp3) is 0.533. The molecule has 0 bridgehead atoms. The molecule has 4 heteroatoms. The van der Waals surface area contributed by atoms with Crippen LogP contribution in [0.5, 0.6) is 0 Å². The molecule has 2 rings (SSSR count). The van der Waals surface area contributed by atoms with Crippen molar-refractivity contribution < 1.29 is 4.79 Å². The maximum atomic E-state index is 12.0. The molecule has 1 aromatic carbocycles. The van der Waals surface area contributed by atoms with E-state index in [4.69, 9.17) is 5.73 Å². The second kappa shape index (κ2) is 5.61. The molecule has 19 heavy (non-hydrogen) atoms. The van der Waals surface area contributed by atoms with Gasteiger partial charge in [0.1, 0.15) is 6.04 Å². The van der Waals surface area contributed by atoms with E-state index in [9.17, 15) is 4.79 Å². The zero-order valence-corrected chi connectivity index (χ0v) is 12.0. The fourth-order valence-corrected chi connectivity index (χ4v) is 3.05. The molecular weight excluding hydrogens is 238 g/mol. The number of nitrogens with one attached hydrogen (secondary N) is 1. The number of carbonyl (C=O) groups excluding carboxylic acids is 1. The van der Waals surface area contributed by atoms with E-state index in [0.717, 1.165) is 6.54 Å². The van der Waals surface area contributed by atoms with Gasteiger partial charge in [-0.05, 0) is 44.9 Å². The molecule has 1 atom stereocenters. The van der Waals surface area contributed by atoms with E-state index in [1.54, 1.807) is 0 Å². The van der Waals surface area contributed by atoms with Crippen LogP contribution in [0.25, 0.3) is 0 Å². The minimum atomic E-state index is -0.140. The number of rotatable bonds is 3. The smallest absolute Gasteiger partial charge is 0.242 e. The molecule has 0 saturated carbocycles. The summed E-state index contributed by atoms with van der Waals surface area (Å²) < 4.78 is 0. The Morgan fingerprint density at radius 3 is 2.53 bits per heavy atom. The minimum Gasteiger partial charge on any atom is -0.357 e. The largest absolute Gasteiger partial charge is 0.357 e. The average molecular weight is 261 g/mol. The maximum Gasteiger partial charge on any atom is 0.242 e. The Hall–Kier alpha value is -1.55. The number of benzene rings is 1. The first-order valence-electron chi connectivity index (χ1n) is 6.87. The van der Waals surface area contributed by atoms with E-state index in [1.165, 1.54) is 22.4 Å². The zero-order valence-electron chi connectivity index (χ0n) is 12.0. The van der Waals surface area contributed by atoms with Gasteiger partial charge < -0.3 is 16.0 Å². The number of nitrogens with two attached hydrogens (primary N) is 1. The molecule has 1 aromatic rings. The van der Waals surface area contributed by atoms with Crippen molar-refractivity contribution in [2.75, 3.05) is 24.5 Å². The molecule has 1 aliphatic heterocycles. The van der Waals surface area contributed by atoms with Crippen molar-refractivity contribution in [3.8, 4) is 0 Å². The first-order valence-corrected chi connectivity index (χ1v) is 6.87. The summed E-state index contributed by atoms with van der Waals surface area (Å²) in [5, 5.41) is 2.93. The Kier molecular flexibility index (Phi) is 4.10. The third-order valence-electron chi connectivity index (χ3n) is 3.69. The average Bonchev–Trinajstić information content (AvgIpc) is 2.32. The SMILES string of the molecule is Cc1cc(C)c(N2CCNC(=O)C2CCN)c(C)c1. The Morgan fingerprint density at radius 1 is 1.32 bits per heavy atom. The van der Waals surface area contributed by atoms with Gasteiger partial charge in [-0.1, -0.05) is 17.7 Å². The molecule has 4 nitrogen and oxygen atoms in total. The summed E-state index contributed by atoms with van der Waals surface area (Å²) in [7, 11) is 0. The third kappa shape index (κ3) is 2.73. The fourth-order valence-electron chi connectivity index (χ4n) is 3.05. The van der Waals surface area contributed by atoms with Gasteiger partial charge in [-0.15, -0.1) is 0 Å². The number of piperazine rings is 1. The van der Waals surface area contributed by atoms with E-state index in [1.807, 2.05) is 0 Å². The molecule has 1 unspecified atom stereocenters. The van der Waals surface area contributed by atoms with E-state index in [-0.39, 0.29) is 11.9 Å². The van der Waals surface area contributed by atoms with Gasteiger partial charge >= 0.3 is 0 Å². The predicted molar refractivity (Wildman–Crippen MR) is 78.5 cm³/mol. The van der Waals surface area contributed by atoms with Crippen LogP contribution >= 0.6 is 0 Å². The lowest BCUT2D eigenvalue weighted by Crippen LogP contribution is -2.56. The lowest BCUT2D eigenvalue weighted by molar-refractivity contribution is -0.123. The molecule has 0 aliphatic carbocycles. The molecule has 1 fully saturated rings. The van der Waals surface area contributed by atoms with Crippen LogP contribution in [0.15, 0.2) is 12.1 Å². The van der Waals surface area contributed by atoms with Crippen LogP contribution in [0.3, 0.4) is 0 Å².